The fourth-order valence-corrected chi connectivity index (χ4v) is 1.43. The van der Waals surface area contributed by atoms with Crippen LogP contribution in [0.15, 0.2) is 6.20 Å². The fourth-order valence-electron chi connectivity index (χ4n) is 1.08. The van der Waals surface area contributed by atoms with Crippen molar-refractivity contribution in [2.45, 2.75) is 20.0 Å². The predicted molar refractivity (Wildman–Crippen MR) is 44.6 cm³/mol. The van der Waals surface area contributed by atoms with Crippen molar-refractivity contribution in [3.05, 3.63) is 28.3 Å². The smallest absolute Gasteiger partial charge is 0.232 e. The SMILES string of the molecule is Cc1cnc(F)c(Cl)c1C(C)O. The Bertz CT molecular complexity index is 301. The predicted octanol–water partition coefficient (Wildman–Crippen LogP) is 2.24. The number of pyridine rings is 1. The van der Waals surface area contributed by atoms with E-state index in [2.05, 4.69) is 4.98 Å². The van der Waals surface area contributed by atoms with Crippen LogP contribution in [0, 0.1) is 12.9 Å². The minimum Gasteiger partial charge on any atom is -0.389 e. The molecule has 2 nitrogen and oxygen atoms in total. The van der Waals surface area contributed by atoms with Crippen molar-refractivity contribution in [3.63, 3.8) is 0 Å². The van der Waals surface area contributed by atoms with Gasteiger partial charge in [-0.1, -0.05) is 11.6 Å². The van der Waals surface area contributed by atoms with E-state index >= 15 is 0 Å². The van der Waals surface area contributed by atoms with Gasteiger partial charge in [-0.15, -0.1) is 0 Å². The molecule has 0 amide bonds. The van der Waals surface area contributed by atoms with Crippen molar-refractivity contribution in [3.8, 4) is 0 Å². The maximum absolute atomic E-state index is 12.8. The topological polar surface area (TPSA) is 33.1 Å². The summed E-state index contributed by atoms with van der Waals surface area (Å²) in [7, 11) is 0. The van der Waals surface area contributed by atoms with Crippen LogP contribution in [0.5, 0.6) is 0 Å². The van der Waals surface area contributed by atoms with Crippen LogP contribution in [0.4, 0.5) is 4.39 Å². The van der Waals surface area contributed by atoms with E-state index < -0.39 is 12.1 Å². The number of aryl methyl sites for hydroxylation is 1. The molecule has 0 aliphatic carbocycles. The molecule has 0 bridgehead atoms. The summed E-state index contributed by atoms with van der Waals surface area (Å²) in [4.78, 5) is 3.41. The van der Waals surface area contributed by atoms with E-state index in [1.165, 1.54) is 13.1 Å². The molecule has 12 heavy (non-hydrogen) atoms. The van der Waals surface area contributed by atoms with Crippen molar-refractivity contribution in [1.29, 1.82) is 0 Å². The quantitative estimate of drug-likeness (QED) is 0.688. The highest BCUT2D eigenvalue weighted by molar-refractivity contribution is 6.31. The number of aromatic nitrogens is 1. The number of aliphatic hydroxyl groups excluding tert-OH is 1. The van der Waals surface area contributed by atoms with Crippen LogP contribution in [0.25, 0.3) is 0 Å². The van der Waals surface area contributed by atoms with Gasteiger partial charge in [-0.05, 0) is 19.4 Å². The second-order valence-corrected chi connectivity index (χ2v) is 3.01. The standard InChI is InChI=1S/C8H9ClFNO/c1-4-3-11-8(10)7(9)6(4)5(2)12/h3,5,12H,1-2H3. The van der Waals surface area contributed by atoms with Crippen molar-refractivity contribution in [2.24, 2.45) is 0 Å². The molecule has 4 heteroatoms. The maximum atomic E-state index is 12.8. The highest BCUT2D eigenvalue weighted by Gasteiger charge is 2.14. The van der Waals surface area contributed by atoms with Gasteiger partial charge in [-0.2, -0.15) is 4.39 Å². The number of aliphatic hydroxyl groups is 1. The van der Waals surface area contributed by atoms with Crippen molar-refractivity contribution in [1.82, 2.24) is 4.98 Å². The molecule has 0 fully saturated rings. The largest absolute Gasteiger partial charge is 0.389 e. The number of nitrogens with zero attached hydrogens (tertiary/aromatic N) is 1. The Morgan fingerprint density at radius 2 is 2.25 bits per heavy atom. The third-order valence-electron chi connectivity index (χ3n) is 1.63. The summed E-state index contributed by atoms with van der Waals surface area (Å²) >= 11 is 5.60. The minimum absolute atomic E-state index is 0.0926. The first kappa shape index (κ1) is 9.42. The van der Waals surface area contributed by atoms with Crippen LogP contribution in [-0.4, -0.2) is 10.1 Å². The number of hydrogen-bond donors (Lipinski definition) is 1. The van der Waals surface area contributed by atoms with Gasteiger partial charge in [0.1, 0.15) is 5.02 Å². The third kappa shape index (κ3) is 1.57. The molecule has 0 spiro atoms. The molecule has 1 atom stereocenters. The first-order valence-electron chi connectivity index (χ1n) is 3.52. The zero-order valence-electron chi connectivity index (χ0n) is 6.81. The van der Waals surface area contributed by atoms with Gasteiger partial charge >= 0.3 is 0 Å². The molecule has 0 aromatic carbocycles. The molecule has 1 rings (SSSR count). The second kappa shape index (κ2) is 3.37. The molecule has 0 aliphatic rings. The van der Waals surface area contributed by atoms with E-state index in [1.54, 1.807) is 6.92 Å². The van der Waals surface area contributed by atoms with Gasteiger partial charge in [-0.3, -0.25) is 0 Å². The molecule has 66 valence electrons. The van der Waals surface area contributed by atoms with E-state index in [1.807, 2.05) is 0 Å². The Morgan fingerprint density at radius 3 is 2.67 bits per heavy atom. The van der Waals surface area contributed by atoms with E-state index in [-0.39, 0.29) is 5.02 Å². The minimum atomic E-state index is -0.769. The summed E-state index contributed by atoms with van der Waals surface area (Å²) in [5.74, 6) is -0.738. The highest BCUT2D eigenvalue weighted by Crippen LogP contribution is 2.26. The van der Waals surface area contributed by atoms with Crippen LogP contribution in [0.3, 0.4) is 0 Å². The lowest BCUT2D eigenvalue weighted by atomic mass is 10.1. The number of hydrogen-bond acceptors (Lipinski definition) is 2. The summed E-state index contributed by atoms with van der Waals surface area (Å²) in [6, 6.07) is 0. The Kier molecular flexibility index (Phi) is 2.65. The molecule has 1 unspecified atom stereocenters. The second-order valence-electron chi connectivity index (χ2n) is 2.64. The Morgan fingerprint density at radius 1 is 1.67 bits per heavy atom. The molecule has 0 aliphatic heterocycles. The van der Waals surface area contributed by atoms with Crippen LogP contribution in [0.2, 0.25) is 5.02 Å². The molecular formula is C8H9ClFNO. The fraction of sp³-hybridized carbons (Fsp3) is 0.375. The molecule has 0 saturated carbocycles. The molecular weight excluding hydrogens is 181 g/mol. The van der Waals surface area contributed by atoms with Crippen LogP contribution >= 0.6 is 11.6 Å². The lowest BCUT2D eigenvalue weighted by Gasteiger charge is -2.10. The monoisotopic (exact) mass is 189 g/mol. The molecule has 0 radical (unpaired) electrons. The van der Waals surface area contributed by atoms with Crippen molar-refractivity contribution < 1.29 is 9.50 Å². The normalized spacial score (nSPS) is 13.1. The van der Waals surface area contributed by atoms with Gasteiger partial charge < -0.3 is 5.11 Å². The first-order chi connectivity index (χ1) is 5.54. The molecule has 1 N–H and O–H groups in total. The highest BCUT2D eigenvalue weighted by atomic mass is 35.5. The Balaban J connectivity index is 3.33. The average Bonchev–Trinajstić information content (AvgIpc) is 1.97. The lowest BCUT2D eigenvalue weighted by Crippen LogP contribution is -2.00. The third-order valence-corrected chi connectivity index (χ3v) is 1.99. The van der Waals surface area contributed by atoms with E-state index in [4.69, 9.17) is 11.6 Å². The average molecular weight is 190 g/mol. The summed E-state index contributed by atoms with van der Waals surface area (Å²) in [5, 5.41) is 9.14. The molecule has 1 aromatic heterocycles. The van der Waals surface area contributed by atoms with Crippen LogP contribution < -0.4 is 0 Å². The Labute approximate surface area is 75.0 Å². The van der Waals surface area contributed by atoms with E-state index in [9.17, 15) is 9.50 Å². The summed E-state index contributed by atoms with van der Waals surface area (Å²) < 4.78 is 12.8. The van der Waals surface area contributed by atoms with E-state index in [0.717, 1.165) is 0 Å². The van der Waals surface area contributed by atoms with Gasteiger partial charge in [0.15, 0.2) is 0 Å². The van der Waals surface area contributed by atoms with Crippen LogP contribution in [-0.2, 0) is 0 Å². The zero-order chi connectivity index (χ0) is 9.30. The molecule has 1 heterocycles. The lowest BCUT2D eigenvalue weighted by molar-refractivity contribution is 0.198. The van der Waals surface area contributed by atoms with E-state index in [0.29, 0.717) is 11.1 Å². The van der Waals surface area contributed by atoms with Crippen molar-refractivity contribution >= 4 is 11.6 Å². The first-order valence-corrected chi connectivity index (χ1v) is 3.90. The van der Waals surface area contributed by atoms with Gasteiger partial charge in [-0.25, -0.2) is 4.98 Å². The zero-order valence-corrected chi connectivity index (χ0v) is 7.56. The molecule has 1 aromatic rings. The van der Waals surface area contributed by atoms with Crippen LogP contribution in [0.1, 0.15) is 24.2 Å². The van der Waals surface area contributed by atoms with Gasteiger partial charge in [0, 0.05) is 11.8 Å². The van der Waals surface area contributed by atoms with Gasteiger partial charge in [0.25, 0.3) is 0 Å². The Hall–Kier alpha value is -0.670. The summed E-state index contributed by atoms with van der Waals surface area (Å²) in [6.45, 7) is 3.26. The molecule has 0 saturated heterocycles. The summed E-state index contributed by atoms with van der Waals surface area (Å²) in [5.41, 5.74) is 1.10. The summed E-state index contributed by atoms with van der Waals surface area (Å²) in [6.07, 6.45) is 0.582. The van der Waals surface area contributed by atoms with Gasteiger partial charge in [0.2, 0.25) is 5.95 Å². The van der Waals surface area contributed by atoms with Crippen molar-refractivity contribution in [2.75, 3.05) is 0 Å². The maximum Gasteiger partial charge on any atom is 0.232 e. The number of rotatable bonds is 1. The number of halogens is 2. The van der Waals surface area contributed by atoms with Gasteiger partial charge in [0.05, 0.1) is 6.10 Å².